The highest BCUT2D eigenvalue weighted by atomic mass is 79.9. The summed E-state index contributed by atoms with van der Waals surface area (Å²) in [5.74, 6) is -0.183. The maximum atomic E-state index is 13.6. The van der Waals surface area contributed by atoms with Crippen LogP contribution in [0.25, 0.3) is 0 Å². The highest BCUT2D eigenvalue weighted by molar-refractivity contribution is 9.10. The highest BCUT2D eigenvalue weighted by Gasteiger charge is 2.14. The van der Waals surface area contributed by atoms with E-state index in [0.717, 1.165) is 10.0 Å². The number of rotatable bonds is 4. The molecular formula is C13H13BrFNO. The van der Waals surface area contributed by atoms with E-state index in [4.69, 9.17) is 4.42 Å². The molecule has 0 amide bonds. The molecule has 0 fully saturated rings. The second-order valence-corrected chi connectivity index (χ2v) is 4.75. The number of likely N-dealkylation sites (N-methyl/N-ethyl adjacent to an activating group) is 1. The van der Waals surface area contributed by atoms with E-state index >= 15 is 0 Å². The number of nitrogens with one attached hydrogen (secondary N) is 1. The van der Waals surface area contributed by atoms with Gasteiger partial charge in [0.25, 0.3) is 0 Å². The Kier molecular flexibility index (Phi) is 3.97. The van der Waals surface area contributed by atoms with Crippen LogP contribution in [-0.4, -0.2) is 7.05 Å². The van der Waals surface area contributed by atoms with Crippen LogP contribution >= 0.6 is 15.9 Å². The molecule has 0 aliphatic rings. The lowest BCUT2D eigenvalue weighted by atomic mass is 10.0. The van der Waals surface area contributed by atoms with Crippen molar-refractivity contribution < 1.29 is 8.81 Å². The van der Waals surface area contributed by atoms with Crippen LogP contribution in [0.4, 0.5) is 4.39 Å². The molecule has 0 spiro atoms. The molecule has 1 aromatic heterocycles. The standard InChI is InChI=1S/C13H13BrFNO/c1-16-13(9-4-5-17-8-9)7-10-6-11(14)2-3-12(10)15/h2-6,8,13,16H,7H2,1H3. The van der Waals surface area contributed by atoms with Crippen LogP contribution in [-0.2, 0) is 6.42 Å². The van der Waals surface area contributed by atoms with Crippen LogP contribution in [0, 0.1) is 5.82 Å². The van der Waals surface area contributed by atoms with Crippen LogP contribution in [0.2, 0.25) is 0 Å². The molecule has 1 unspecified atom stereocenters. The molecule has 0 saturated carbocycles. The Morgan fingerprint density at radius 3 is 2.88 bits per heavy atom. The predicted octanol–water partition coefficient (Wildman–Crippen LogP) is 3.68. The van der Waals surface area contributed by atoms with Gasteiger partial charge in [0.1, 0.15) is 5.82 Å². The van der Waals surface area contributed by atoms with E-state index in [1.54, 1.807) is 24.7 Å². The molecule has 2 rings (SSSR count). The summed E-state index contributed by atoms with van der Waals surface area (Å²) < 4.78 is 19.6. The molecule has 17 heavy (non-hydrogen) atoms. The Hall–Kier alpha value is -1.13. The van der Waals surface area contributed by atoms with Gasteiger partial charge in [0.05, 0.1) is 12.5 Å². The van der Waals surface area contributed by atoms with E-state index in [1.807, 2.05) is 13.1 Å². The van der Waals surface area contributed by atoms with Crippen molar-refractivity contribution in [1.82, 2.24) is 5.32 Å². The van der Waals surface area contributed by atoms with Gasteiger partial charge in [-0.25, -0.2) is 4.39 Å². The quantitative estimate of drug-likeness (QED) is 0.931. The molecule has 0 bridgehead atoms. The zero-order valence-electron chi connectivity index (χ0n) is 9.41. The van der Waals surface area contributed by atoms with Crippen molar-refractivity contribution in [2.45, 2.75) is 12.5 Å². The summed E-state index contributed by atoms with van der Waals surface area (Å²) in [7, 11) is 1.85. The fourth-order valence-electron chi connectivity index (χ4n) is 1.78. The molecular weight excluding hydrogens is 285 g/mol. The van der Waals surface area contributed by atoms with Crippen LogP contribution in [0.15, 0.2) is 45.7 Å². The van der Waals surface area contributed by atoms with E-state index in [1.165, 1.54) is 6.07 Å². The van der Waals surface area contributed by atoms with Crippen LogP contribution < -0.4 is 5.32 Å². The molecule has 0 aliphatic heterocycles. The summed E-state index contributed by atoms with van der Waals surface area (Å²) in [6, 6.07) is 6.92. The van der Waals surface area contributed by atoms with Gasteiger partial charge in [0.2, 0.25) is 0 Å². The Morgan fingerprint density at radius 2 is 2.24 bits per heavy atom. The first-order valence-electron chi connectivity index (χ1n) is 5.34. The van der Waals surface area contributed by atoms with Gasteiger partial charge in [-0.15, -0.1) is 0 Å². The lowest BCUT2D eigenvalue weighted by molar-refractivity contribution is 0.531. The van der Waals surface area contributed by atoms with E-state index in [9.17, 15) is 4.39 Å². The van der Waals surface area contributed by atoms with Crippen molar-refractivity contribution in [2.24, 2.45) is 0 Å². The normalized spacial score (nSPS) is 12.6. The fourth-order valence-corrected chi connectivity index (χ4v) is 2.19. The Labute approximate surface area is 108 Å². The minimum atomic E-state index is -0.183. The first-order chi connectivity index (χ1) is 8.20. The summed E-state index contributed by atoms with van der Waals surface area (Å²) in [5, 5.41) is 3.16. The first-order valence-corrected chi connectivity index (χ1v) is 6.13. The van der Waals surface area contributed by atoms with E-state index in [-0.39, 0.29) is 11.9 Å². The summed E-state index contributed by atoms with van der Waals surface area (Å²) in [6.45, 7) is 0. The van der Waals surface area contributed by atoms with Gasteiger partial charge < -0.3 is 9.73 Å². The molecule has 4 heteroatoms. The van der Waals surface area contributed by atoms with Gasteiger partial charge in [-0.1, -0.05) is 15.9 Å². The summed E-state index contributed by atoms with van der Waals surface area (Å²) in [4.78, 5) is 0. The van der Waals surface area contributed by atoms with Crippen molar-refractivity contribution in [2.75, 3.05) is 7.05 Å². The van der Waals surface area contributed by atoms with Crippen LogP contribution in [0.3, 0.4) is 0 Å². The third kappa shape index (κ3) is 2.96. The van der Waals surface area contributed by atoms with Crippen molar-refractivity contribution in [1.29, 1.82) is 0 Å². The number of benzene rings is 1. The molecule has 2 nitrogen and oxygen atoms in total. The molecule has 2 aromatic rings. The number of hydrogen-bond donors (Lipinski definition) is 1. The van der Waals surface area contributed by atoms with Gasteiger partial charge in [0, 0.05) is 16.1 Å². The highest BCUT2D eigenvalue weighted by Crippen LogP contribution is 2.22. The smallest absolute Gasteiger partial charge is 0.126 e. The van der Waals surface area contributed by atoms with Gasteiger partial charge in [0.15, 0.2) is 0 Å². The Balaban J connectivity index is 2.21. The zero-order valence-corrected chi connectivity index (χ0v) is 11.0. The fraction of sp³-hybridized carbons (Fsp3) is 0.231. The van der Waals surface area contributed by atoms with Crippen molar-refractivity contribution >= 4 is 15.9 Å². The lowest BCUT2D eigenvalue weighted by Crippen LogP contribution is -2.18. The summed E-state index contributed by atoms with van der Waals surface area (Å²) in [6.07, 6.45) is 3.88. The van der Waals surface area contributed by atoms with Crippen molar-refractivity contribution in [3.63, 3.8) is 0 Å². The molecule has 1 N–H and O–H groups in total. The summed E-state index contributed by atoms with van der Waals surface area (Å²) in [5.41, 5.74) is 1.70. The number of furan rings is 1. The molecule has 1 atom stereocenters. The Morgan fingerprint density at radius 1 is 1.41 bits per heavy atom. The molecule has 0 radical (unpaired) electrons. The van der Waals surface area contributed by atoms with Crippen LogP contribution in [0.5, 0.6) is 0 Å². The number of hydrogen-bond acceptors (Lipinski definition) is 2. The predicted molar refractivity (Wildman–Crippen MR) is 68.3 cm³/mol. The van der Waals surface area contributed by atoms with Crippen molar-refractivity contribution in [3.05, 3.63) is 58.2 Å². The van der Waals surface area contributed by atoms with Crippen LogP contribution in [0.1, 0.15) is 17.2 Å². The second kappa shape index (κ2) is 5.47. The largest absolute Gasteiger partial charge is 0.472 e. The average molecular weight is 298 g/mol. The molecule has 0 saturated heterocycles. The molecule has 0 aliphatic carbocycles. The molecule has 1 heterocycles. The van der Waals surface area contributed by atoms with Gasteiger partial charge >= 0.3 is 0 Å². The average Bonchev–Trinajstić information content (AvgIpc) is 2.84. The third-order valence-corrected chi connectivity index (χ3v) is 3.22. The lowest BCUT2D eigenvalue weighted by Gasteiger charge is -2.15. The zero-order chi connectivity index (χ0) is 12.3. The molecule has 90 valence electrons. The number of halogens is 2. The topological polar surface area (TPSA) is 25.2 Å². The van der Waals surface area contributed by atoms with Gasteiger partial charge in [-0.05, 0) is 43.3 Å². The van der Waals surface area contributed by atoms with Gasteiger partial charge in [-0.3, -0.25) is 0 Å². The van der Waals surface area contributed by atoms with E-state index < -0.39 is 0 Å². The van der Waals surface area contributed by atoms with Crippen molar-refractivity contribution in [3.8, 4) is 0 Å². The maximum absolute atomic E-state index is 13.6. The minimum Gasteiger partial charge on any atom is -0.472 e. The molecule has 1 aromatic carbocycles. The monoisotopic (exact) mass is 297 g/mol. The van der Waals surface area contributed by atoms with E-state index in [2.05, 4.69) is 21.2 Å². The first kappa shape index (κ1) is 12.3. The SMILES string of the molecule is CNC(Cc1cc(Br)ccc1F)c1ccoc1. The maximum Gasteiger partial charge on any atom is 0.126 e. The van der Waals surface area contributed by atoms with E-state index in [0.29, 0.717) is 12.0 Å². The Bertz CT molecular complexity index is 484. The third-order valence-electron chi connectivity index (χ3n) is 2.73. The van der Waals surface area contributed by atoms with Gasteiger partial charge in [-0.2, -0.15) is 0 Å². The summed E-state index contributed by atoms with van der Waals surface area (Å²) >= 11 is 3.35. The minimum absolute atomic E-state index is 0.0533. The second-order valence-electron chi connectivity index (χ2n) is 3.84.